The summed E-state index contributed by atoms with van der Waals surface area (Å²) >= 11 is 12.2. The third-order valence-electron chi connectivity index (χ3n) is 6.63. The van der Waals surface area contributed by atoms with Crippen molar-refractivity contribution in [2.75, 3.05) is 5.32 Å². The fourth-order valence-corrected chi connectivity index (χ4v) is 4.76. The van der Waals surface area contributed by atoms with E-state index in [0.29, 0.717) is 18.5 Å². The molecule has 7 nitrogen and oxygen atoms in total. The monoisotopic (exact) mass is 627 g/mol. The second-order valence-corrected chi connectivity index (χ2v) is 10.1. The summed E-state index contributed by atoms with van der Waals surface area (Å²) in [4.78, 5) is 16.4. The SMILES string of the molecule is O=C(Nc1ccc([C@@H]2O[C@H](Cn3cnc(Cl)c3Cl)C[C@H](c3ccc(CO)cc3)O2)cc1)c1c(F)c(F)c(F)c(F)c1F. The number of hydrogen-bond acceptors (Lipinski definition) is 5. The zero-order chi connectivity index (χ0) is 30.1. The molecular formula is C28H20Cl2F5N3O4. The Labute approximate surface area is 245 Å². The number of carbonyl (C=O) groups is 1. The van der Waals surface area contributed by atoms with Crippen molar-refractivity contribution < 1.29 is 41.3 Å². The molecule has 5 rings (SSSR count). The molecule has 2 heterocycles. The lowest BCUT2D eigenvalue weighted by Crippen LogP contribution is -2.32. The number of nitrogens with one attached hydrogen (secondary N) is 1. The summed E-state index contributed by atoms with van der Waals surface area (Å²) in [6.07, 6.45) is 0.127. The minimum Gasteiger partial charge on any atom is -0.392 e. The summed E-state index contributed by atoms with van der Waals surface area (Å²) in [7, 11) is 0. The van der Waals surface area contributed by atoms with Gasteiger partial charge < -0.3 is 24.5 Å². The Hall–Kier alpha value is -3.55. The van der Waals surface area contributed by atoms with Crippen molar-refractivity contribution in [3.05, 3.63) is 117 Å². The lowest BCUT2D eigenvalue weighted by atomic mass is 10.00. The molecular weight excluding hydrogens is 608 g/mol. The molecule has 3 aromatic carbocycles. The summed E-state index contributed by atoms with van der Waals surface area (Å²) in [5.41, 5.74) is 0.455. The Morgan fingerprint density at radius 3 is 2.07 bits per heavy atom. The number of anilines is 1. The molecule has 0 saturated carbocycles. The Balaban J connectivity index is 1.37. The van der Waals surface area contributed by atoms with E-state index in [9.17, 15) is 31.9 Å². The van der Waals surface area contributed by atoms with Crippen molar-refractivity contribution in [2.24, 2.45) is 0 Å². The second-order valence-electron chi connectivity index (χ2n) is 9.35. The van der Waals surface area contributed by atoms with Gasteiger partial charge in [-0.2, -0.15) is 0 Å². The van der Waals surface area contributed by atoms with E-state index in [2.05, 4.69) is 10.3 Å². The lowest BCUT2D eigenvalue weighted by Gasteiger charge is -2.36. The third kappa shape index (κ3) is 5.99. The van der Waals surface area contributed by atoms with Gasteiger partial charge in [-0.1, -0.05) is 59.6 Å². The first-order chi connectivity index (χ1) is 20.1. The number of benzene rings is 3. The summed E-state index contributed by atoms with van der Waals surface area (Å²) in [6.45, 7) is 0.174. The molecule has 1 saturated heterocycles. The van der Waals surface area contributed by atoms with Crippen molar-refractivity contribution in [3.63, 3.8) is 0 Å². The van der Waals surface area contributed by atoms with Crippen LogP contribution in [0.15, 0.2) is 54.9 Å². The highest BCUT2D eigenvalue weighted by molar-refractivity contribution is 6.40. The van der Waals surface area contributed by atoms with Crippen LogP contribution in [0.1, 0.15) is 45.9 Å². The van der Waals surface area contributed by atoms with E-state index in [4.69, 9.17) is 32.7 Å². The molecule has 220 valence electrons. The summed E-state index contributed by atoms with van der Waals surface area (Å²) in [6, 6.07) is 12.9. The number of aromatic nitrogens is 2. The number of aliphatic hydroxyl groups excluding tert-OH is 1. The van der Waals surface area contributed by atoms with Crippen LogP contribution in [0, 0.1) is 29.1 Å². The van der Waals surface area contributed by atoms with E-state index >= 15 is 0 Å². The molecule has 1 aliphatic heterocycles. The second kappa shape index (κ2) is 12.4. The first-order valence-corrected chi connectivity index (χ1v) is 13.1. The van der Waals surface area contributed by atoms with E-state index in [1.54, 1.807) is 16.7 Å². The van der Waals surface area contributed by atoms with Crippen molar-refractivity contribution in [3.8, 4) is 0 Å². The van der Waals surface area contributed by atoms with Gasteiger partial charge in [0, 0.05) is 17.7 Å². The molecule has 14 heteroatoms. The van der Waals surface area contributed by atoms with Gasteiger partial charge >= 0.3 is 0 Å². The standard InChI is InChI=1S/C28H20Cl2F5N3O4/c29-25-26(30)38(12-36-25)10-17-9-18(14-3-1-13(11-39)2-4-14)42-28(41-17)15-5-7-16(8-6-15)37-27(40)19-20(31)22(33)24(35)23(34)21(19)32/h1-8,12,17-18,28,39H,9-11H2,(H,37,40)/t17-,18+,28+/m0/s1. The van der Waals surface area contributed by atoms with E-state index in [0.717, 1.165) is 11.1 Å². The van der Waals surface area contributed by atoms with Gasteiger partial charge in [-0.15, -0.1) is 0 Å². The predicted molar refractivity (Wildman–Crippen MR) is 141 cm³/mol. The summed E-state index contributed by atoms with van der Waals surface area (Å²) in [5.74, 6) is -12.8. The number of imidazole rings is 1. The first-order valence-electron chi connectivity index (χ1n) is 12.4. The number of nitrogens with zero attached hydrogens (tertiary/aromatic N) is 2. The van der Waals surface area contributed by atoms with Crippen molar-refractivity contribution in [1.82, 2.24) is 9.55 Å². The fourth-order valence-electron chi connectivity index (χ4n) is 4.44. The van der Waals surface area contributed by atoms with Crippen LogP contribution in [0.25, 0.3) is 0 Å². The van der Waals surface area contributed by atoms with E-state index in [1.165, 1.54) is 30.6 Å². The molecule has 3 atom stereocenters. The van der Waals surface area contributed by atoms with Gasteiger partial charge in [0.2, 0.25) is 5.82 Å². The van der Waals surface area contributed by atoms with Crippen molar-refractivity contribution in [2.45, 2.75) is 38.1 Å². The Kier molecular flexibility index (Phi) is 8.81. The van der Waals surface area contributed by atoms with Crippen LogP contribution in [0.5, 0.6) is 0 Å². The molecule has 0 unspecified atom stereocenters. The molecule has 1 fully saturated rings. The summed E-state index contributed by atoms with van der Waals surface area (Å²) in [5, 5.41) is 11.9. The number of amides is 1. The van der Waals surface area contributed by atoms with Crippen LogP contribution in [-0.4, -0.2) is 26.7 Å². The number of halogens is 7. The predicted octanol–water partition coefficient (Wildman–Crippen LogP) is 6.88. The van der Waals surface area contributed by atoms with Crippen molar-refractivity contribution in [1.29, 1.82) is 0 Å². The molecule has 1 amide bonds. The first kappa shape index (κ1) is 29.9. The normalized spacial score (nSPS) is 18.7. The van der Waals surface area contributed by atoms with Gasteiger partial charge in [-0.3, -0.25) is 4.79 Å². The van der Waals surface area contributed by atoms with Crippen molar-refractivity contribution >= 4 is 34.8 Å². The van der Waals surface area contributed by atoms with Crippen LogP contribution >= 0.6 is 23.2 Å². The van der Waals surface area contributed by atoms with Gasteiger partial charge in [-0.25, -0.2) is 26.9 Å². The number of rotatable bonds is 7. The molecule has 2 N–H and O–H groups in total. The van der Waals surface area contributed by atoms with Crippen LogP contribution in [0.3, 0.4) is 0 Å². The number of ether oxygens (including phenoxy) is 2. The van der Waals surface area contributed by atoms with Crippen LogP contribution < -0.4 is 5.32 Å². The Morgan fingerprint density at radius 1 is 0.905 bits per heavy atom. The fraction of sp³-hybridized carbons (Fsp3) is 0.214. The maximum absolute atomic E-state index is 14.1. The van der Waals surface area contributed by atoms with Gasteiger partial charge in [0.25, 0.3) is 5.91 Å². The zero-order valence-corrected chi connectivity index (χ0v) is 22.8. The lowest BCUT2D eigenvalue weighted by molar-refractivity contribution is -0.252. The largest absolute Gasteiger partial charge is 0.392 e. The maximum atomic E-state index is 14.1. The molecule has 4 aromatic rings. The molecule has 1 aliphatic rings. The highest BCUT2D eigenvalue weighted by Gasteiger charge is 2.33. The molecule has 42 heavy (non-hydrogen) atoms. The number of hydrogen-bond donors (Lipinski definition) is 2. The highest BCUT2D eigenvalue weighted by atomic mass is 35.5. The average Bonchev–Trinajstić information content (AvgIpc) is 3.31. The zero-order valence-electron chi connectivity index (χ0n) is 21.3. The smallest absolute Gasteiger partial charge is 0.261 e. The third-order valence-corrected chi connectivity index (χ3v) is 7.40. The molecule has 0 aliphatic carbocycles. The Morgan fingerprint density at radius 2 is 1.50 bits per heavy atom. The molecule has 1 aromatic heterocycles. The van der Waals surface area contributed by atoms with E-state index < -0.39 is 59.1 Å². The highest BCUT2D eigenvalue weighted by Crippen LogP contribution is 2.39. The van der Waals surface area contributed by atoms with Crippen LogP contribution in [0.4, 0.5) is 27.6 Å². The topological polar surface area (TPSA) is 85.6 Å². The molecule has 0 radical (unpaired) electrons. The quantitative estimate of drug-likeness (QED) is 0.133. The average molecular weight is 628 g/mol. The van der Waals surface area contributed by atoms with Gasteiger partial charge in [0.05, 0.1) is 31.7 Å². The van der Waals surface area contributed by atoms with Gasteiger partial charge in [0.15, 0.2) is 34.7 Å². The van der Waals surface area contributed by atoms with Gasteiger partial charge in [0.1, 0.15) is 10.7 Å². The van der Waals surface area contributed by atoms with Gasteiger partial charge in [-0.05, 0) is 23.3 Å². The van der Waals surface area contributed by atoms with Crippen LogP contribution in [-0.2, 0) is 22.6 Å². The van der Waals surface area contributed by atoms with E-state index in [1.807, 2.05) is 12.1 Å². The Bertz CT molecular complexity index is 1590. The number of aliphatic hydroxyl groups is 1. The molecule has 0 bridgehead atoms. The number of carbonyl (C=O) groups excluding carboxylic acids is 1. The summed E-state index contributed by atoms with van der Waals surface area (Å²) < 4.78 is 82.6. The van der Waals surface area contributed by atoms with E-state index in [-0.39, 0.29) is 22.6 Å². The maximum Gasteiger partial charge on any atom is 0.261 e. The van der Waals surface area contributed by atoms with Crippen LogP contribution in [0.2, 0.25) is 10.3 Å². The minimum absolute atomic E-state index is 0.0102. The minimum atomic E-state index is -2.36. The molecule has 0 spiro atoms.